The molecule has 2 N–H and O–H groups in total. The van der Waals surface area contributed by atoms with Gasteiger partial charge < -0.3 is 10.5 Å². The minimum Gasteiger partial charge on any atom is -0.463 e. The topological polar surface area (TPSA) is 85.5 Å². The average Bonchev–Trinajstić information content (AvgIpc) is 2.59. The summed E-state index contributed by atoms with van der Waals surface area (Å²) < 4.78 is 4.95. The SMILES string of the molecule is CCOC(=O)/C=C/C1c2c(nc3ccccc3c2C(N)=O)CCN1C. The summed E-state index contributed by atoms with van der Waals surface area (Å²) in [6.07, 6.45) is 3.87. The second kappa shape index (κ2) is 7.03. The molecular weight excluding hydrogens is 318 g/mol. The molecule has 1 aromatic carbocycles. The number of nitrogens with zero attached hydrogens (tertiary/aromatic N) is 2. The van der Waals surface area contributed by atoms with Crippen LogP contribution in [0.3, 0.4) is 0 Å². The number of benzene rings is 1. The second-order valence-corrected chi connectivity index (χ2v) is 6.02. The van der Waals surface area contributed by atoms with Crippen LogP contribution in [0.5, 0.6) is 0 Å². The standard InChI is InChI=1S/C19H21N3O3/c1-3-25-16(23)9-8-15-18-14(10-11-22(15)2)21-13-7-5-4-6-12(13)17(18)19(20)24/h4-9,15H,3,10-11H2,1-2H3,(H2,20,24)/b9-8+. The predicted octanol–water partition coefficient (Wildman–Crippen LogP) is 1.98. The van der Waals surface area contributed by atoms with Crippen LogP contribution in [-0.4, -0.2) is 42.0 Å². The summed E-state index contributed by atoms with van der Waals surface area (Å²) in [4.78, 5) is 30.7. The highest BCUT2D eigenvalue weighted by Crippen LogP contribution is 2.35. The van der Waals surface area contributed by atoms with E-state index in [-0.39, 0.29) is 6.04 Å². The van der Waals surface area contributed by atoms with E-state index in [2.05, 4.69) is 4.90 Å². The molecule has 0 spiro atoms. The third-order valence-corrected chi connectivity index (χ3v) is 4.43. The van der Waals surface area contributed by atoms with Crippen LogP contribution in [0.25, 0.3) is 10.9 Å². The van der Waals surface area contributed by atoms with Gasteiger partial charge in [-0.15, -0.1) is 0 Å². The molecule has 1 amide bonds. The predicted molar refractivity (Wildman–Crippen MR) is 95.1 cm³/mol. The maximum Gasteiger partial charge on any atom is 0.330 e. The Labute approximate surface area is 146 Å². The summed E-state index contributed by atoms with van der Waals surface area (Å²) in [5.74, 6) is -0.892. The number of rotatable bonds is 4. The molecule has 0 fully saturated rings. The van der Waals surface area contributed by atoms with Gasteiger partial charge in [0.2, 0.25) is 5.91 Å². The maximum atomic E-state index is 12.2. The number of carbonyl (C=O) groups is 2. The summed E-state index contributed by atoms with van der Waals surface area (Å²) in [6, 6.07) is 7.22. The number of hydrogen-bond acceptors (Lipinski definition) is 5. The van der Waals surface area contributed by atoms with E-state index in [1.165, 1.54) is 6.08 Å². The fraction of sp³-hybridized carbons (Fsp3) is 0.316. The zero-order chi connectivity index (χ0) is 18.0. The van der Waals surface area contributed by atoms with Gasteiger partial charge in [-0.05, 0) is 20.0 Å². The average molecular weight is 339 g/mol. The molecule has 0 saturated carbocycles. The quantitative estimate of drug-likeness (QED) is 0.680. The Kier molecular flexibility index (Phi) is 4.81. The van der Waals surface area contributed by atoms with E-state index in [0.717, 1.165) is 35.1 Å². The van der Waals surface area contributed by atoms with Gasteiger partial charge >= 0.3 is 5.97 Å². The number of esters is 1. The van der Waals surface area contributed by atoms with E-state index in [9.17, 15) is 9.59 Å². The Balaban J connectivity index is 2.18. The summed E-state index contributed by atoms with van der Waals surface area (Å²) in [5.41, 5.74) is 8.58. The Morgan fingerprint density at radius 1 is 1.40 bits per heavy atom. The summed E-state index contributed by atoms with van der Waals surface area (Å²) in [6.45, 7) is 2.85. The lowest BCUT2D eigenvalue weighted by molar-refractivity contribution is -0.137. The molecule has 1 aromatic heterocycles. The van der Waals surface area contributed by atoms with Crippen molar-refractivity contribution in [3.63, 3.8) is 0 Å². The minimum atomic E-state index is -0.486. The fourth-order valence-electron chi connectivity index (χ4n) is 3.30. The van der Waals surface area contributed by atoms with Crippen molar-refractivity contribution in [2.24, 2.45) is 5.73 Å². The highest BCUT2D eigenvalue weighted by molar-refractivity contribution is 6.07. The Morgan fingerprint density at radius 2 is 2.16 bits per heavy atom. The molecule has 6 nitrogen and oxygen atoms in total. The zero-order valence-electron chi connectivity index (χ0n) is 14.4. The van der Waals surface area contributed by atoms with Gasteiger partial charge in [-0.25, -0.2) is 4.79 Å². The van der Waals surface area contributed by atoms with Crippen LogP contribution in [0.2, 0.25) is 0 Å². The number of primary amides is 1. The molecule has 0 saturated heterocycles. The number of hydrogen-bond donors (Lipinski definition) is 1. The van der Waals surface area contributed by atoms with Crippen molar-refractivity contribution < 1.29 is 14.3 Å². The second-order valence-electron chi connectivity index (χ2n) is 6.02. The van der Waals surface area contributed by atoms with Crippen molar-refractivity contribution in [3.8, 4) is 0 Å². The van der Waals surface area contributed by atoms with E-state index in [1.54, 1.807) is 13.0 Å². The van der Waals surface area contributed by atoms with E-state index in [4.69, 9.17) is 15.5 Å². The van der Waals surface area contributed by atoms with E-state index >= 15 is 0 Å². The van der Waals surface area contributed by atoms with Crippen molar-refractivity contribution in [1.29, 1.82) is 0 Å². The summed E-state index contributed by atoms with van der Waals surface area (Å²) in [7, 11) is 1.95. The zero-order valence-corrected chi connectivity index (χ0v) is 14.4. The number of pyridine rings is 1. The largest absolute Gasteiger partial charge is 0.463 e. The minimum absolute atomic E-state index is 0.257. The normalized spacial score (nSPS) is 17.6. The molecule has 3 rings (SSSR count). The van der Waals surface area contributed by atoms with E-state index in [0.29, 0.717) is 12.2 Å². The van der Waals surface area contributed by atoms with Gasteiger partial charge in [0.05, 0.1) is 23.7 Å². The van der Waals surface area contributed by atoms with Gasteiger partial charge in [0.1, 0.15) is 0 Å². The van der Waals surface area contributed by atoms with Crippen LogP contribution in [0.15, 0.2) is 36.4 Å². The van der Waals surface area contributed by atoms with Crippen LogP contribution >= 0.6 is 0 Å². The number of amides is 1. The lowest BCUT2D eigenvalue weighted by Gasteiger charge is -2.33. The number of ether oxygens (including phenoxy) is 1. The van der Waals surface area contributed by atoms with Gasteiger partial charge in [-0.3, -0.25) is 14.7 Å². The van der Waals surface area contributed by atoms with Crippen LogP contribution in [0.4, 0.5) is 0 Å². The lowest BCUT2D eigenvalue weighted by atomic mass is 9.89. The fourth-order valence-corrected chi connectivity index (χ4v) is 3.30. The van der Waals surface area contributed by atoms with Crippen molar-refractivity contribution in [1.82, 2.24) is 9.88 Å². The number of nitrogens with two attached hydrogens (primary N) is 1. The first-order valence-electron chi connectivity index (χ1n) is 8.29. The summed E-state index contributed by atoms with van der Waals surface area (Å²) >= 11 is 0. The first-order valence-corrected chi connectivity index (χ1v) is 8.29. The highest BCUT2D eigenvalue weighted by Gasteiger charge is 2.30. The van der Waals surface area contributed by atoms with Gasteiger partial charge in [-0.1, -0.05) is 24.3 Å². The summed E-state index contributed by atoms with van der Waals surface area (Å²) in [5, 5.41) is 0.735. The molecule has 25 heavy (non-hydrogen) atoms. The van der Waals surface area contributed by atoms with Gasteiger partial charge in [-0.2, -0.15) is 0 Å². The van der Waals surface area contributed by atoms with Gasteiger partial charge in [0.15, 0.2) is 0 Å². The van der Waals surface area contributed by atoms with Crippen molar-refractivity contribution >= 4 is 22.8 Å². The molecule has 6 heteroatoms. The number of para-hydroxylation sites is 1. The molecule has 2 heterocycles. The van der Waals surface area contributed by atoms with Gasteiger partial charge in [0, 0.05) is 35.7 Å². The third kappa shape index (κ3) is 3.25. The smallest absolute Gasteiger partial charge is 0.330 e. The van der Waals surface area contributed by atoms with Crippen LogP contribution < -0.4 is 5.73 Å². The molecule has 1 unspecified atom stereocenters. The Morgan fingerprint density at radius 3 is 2.88 bits per heavy atom. The third-order valence-electron chi connectivity index (χ3n) is 4.43. The van der Waals surface area contributed by atoms with Gasteiger partial charge in [0.25, 0.3) is 0 Å². The number of likely N-dealkylation sites (N-methyl/N-ethyl adjacent to an activating group) is 1. The monoisotopic (exact) mass is 339 g/mol. The number of fused-ring (bicyclic) bond motifs is 2. The van der Waals surface area contributed by atoms with Crippen LogP contribution in [0.1, 0.15) is 34.6 Å². The van der Waals surface area contributed by atoms with E-state index in [1.807, 2.05) is 31.3 Å². The molecule has 1 atom stereocenters. The Hall–Kier alpha value is -2.73. The molecule has 1 aliphatic rings. The molecule has 0 aliphatic carbocycles. The molecule has 2 aromatic rings. The van der Waals surface area contributed by atoms with Crippen molar-refractivity contribution in [2.45, 2.75) is 19.4 Å². The first kappa shape index (κ1) is 17.1. The Bertz CT molecular complexity index is 860. The molecule has 0 bridgehead atoms. The van der Waals surface area contributed by atoms with Crippen LogP contribution in [-0.2, 0) is 16.0 Å². The first-order chi connectivity index (χ1) is 12.0. The molecule has 0 radical (unpaired) electrons. The number of aromatic nitrogens is 1. The maximum absolute atomic E-state index is 12.2. The molecule has 130 valence electrons. The van der Waals surface area contributed by atoms with Crippen molar-refractivity contribution in [2.75, 3.05) is 20.2 Å². The van der Waals surface area contributed by atoms with Crippen molar-refractivity contribution in [3.05, 3.63) is 53.2 Å². The highest BCUT2D eigenvalue weighted by atomic mass is 16.5. The van der Waals surface area contributed by atoms with Crippen LogP contribution in [0, 0.1) is 0 Å². The molecular formula is C19H21N3O3. The number of carbonyl (C=O) groups excluding carboxylic acids is 2. The lowest BCUT2D eigenvalue weighted by Crippen LogP contribution is -2.34. The van der Waals surface area contributed by atoms with E-state index < -0.39 is 11.9 Å². The molecule has 1 aliphatic heterocycles.